The van der Waals surface area contributed by atoms with Crippen LogP contribution in [0.2, 0.25) is 0 Å². The molecule has 0 bridgehead atoms. The summed E-state index contributed by atoms with van der Waals surface area (Å²) in [4.78, 5) is 15.7. The highest BCUT2D eigenvalue weighted by molar-refractivity contribution is 5.96. The third kappa shape index (κ3) is 3.09. The Morgan fingerprint density at radius 3 is 2.04 bits per heavy atom. The zero-order valence-electron chi connectivity index (χ0n) is 14.8. The summed E-state index contributed by atoms with van der Waals surface area (Å²) in [5.74, 6) is 1.63. The summed E-state index contributed by atoms with van der Waals surface area (Å²) in [6, 6.07) is 20.7. The van der Waals surface area contributed by atoms with Crippen LogP contribution in [-0.2, 0) is 0 Å². The standard InChI is InChI=1S/C22H20N4/c1-15-13-23-21(25-15)19-14-24-22(26-19)20(18-11-7-4-8-12-18)16(2)17-9-5-3-6-10-17/h3-14H,1-2H3,(H,23,25)(H,24,26)/b20-16-. The lowest BCUT2D eigenvalue weighted by atomic mass is 9.95. The Hall–Kier alpha value is -3.40. The van der Waals surface area contributed by atoms with E-state index in [0.29, 0.717) is 0 Å². The zero-order valence-corrected chi connectivity index (χ0v) is 14.8. The predicted molar refractivity (Wildman–Crippen MR) is 105 cm³/mol. The largest absolute Gasteiger partial charge is 0.341 e. The molecule has 4 aromatic rings. The summed E-state index contributed by atoms with van der Waals surface area (Å²) in [6.45, 7) is 4.12. The van der Waals surface area contributed by atoms with Gasteiger partial charge in [0.2, 0.25) is 0 Å². The van der Waals surface area contributed by atoms with Crippen molar-refractivity contribution in [3.05, 3.63) is 95.7 Å². The first kappa shape index (κ1) is 16.1. The lowest BCUT2D eigenvalue weighted by Gasteiger charge is -2.11. The van der Waals surface area contributed by atoms with Gasteiger partial charge in [-0.3, -0.25) is 0 Å². The Bertz CT molecular complexity index is 1040. The molecule has 128 valence electrons. The van der Waals surface area contributed by atoms with E-state index in [0.717, 1.165) is 34.2 Å². The molecule has 0 aliphatic rings. The molecule has 26 heavy (non-hydrogen) atoms. The van der Waals surface area contributed by atoms with Gasteiger partial charge in [-0.25, -0.2) is 9.97 Å². The van der Waals surface area contributed by atoms with Gasteiger partial charge in [-0.15, -0.1) is 0 Å². The summed E-state index contributed by atoms with van der Waals surface area (Å²) >= 11 is 0. The molecule has 0 fully saturated rings. The van der Waals surface area contributed by atoms with Gasteiger partial charge in [0.1, 0.15) is 11.5 Å². The van der Waals surface area contributed by atoms with Crippen molar-refractivity contribution in [2.45, 2.75) is 13.8 Å². The van der Waals surface area contributed by atoms with E-state index in [9.17, 15) is 0 Å². The van der Waals surface area contributed by atoms with Crippen molar-refractivity contribution in [1.29, 1.82) is 0 Å². The fraction of sp³-hybridized carbons (Fsp3) is 0.0909. The van der Waals surface area contributed by atoms with Crippen molar-refractivity contribution in [2.24, 2.45) is 0 Å². The molecule has 0 saturated carbocycles. The maximum absolute atomic E-state index is 4.65. The normalized spacial score (nSPS) is 12.1. The van der Waals surface area contributed by atoms with Crippen molar-refractivity contribution in [3.63, 3.8) is 0 Å². The minimum absolute atomic E-state index is 0.797. The number of aromatic amines is 2. The highest BCUT2D eigenvalue weighted by atomic mass is 15.0. The quantitative estimate of drug-likeness (QED) is 0.509. The number of aromatic nitrogens is 4. The Kier molecular flexibility index (Phi) is 4.23. The van der Waals surface area contributed by atoms with Gasteiger partial charge in [-0.1, -0.05) is 60.7 Å². The van der Waals surface area contributed by atoms with Crippen LogP contribution in [-0.4, -0.2) is 19.9 Å². The van der Waals surface area contributed by atoms with Gasteiger partial charge in [0.25, 0.3) is 0 Å². The van der Waals surface area contributed by atoms with Crippen LogP contribution in [0.5, 0.6) is 0 Å². The summed E-state index contributed by atoms with van der Waals surface area (Å²) in [5.41, 5.74) is 6.47. The number of allylic oxidation sites excluding steroid dienone is 1. The van der Waals surface area contributed by atoms with E-state index in [4.69, 9.17) is 0 Å². The van der Waals surface area contributed by atoms with E-state index >= 15 is 0 Å². The number of rotatable bonds is 4. The molecule has 0 aliphatic carbocycles. The van der Waals surface area contributed by atoms with E-state index in [1.54, 1.807) is 0 Å². The third-order valence-corrected chi connectivity index (χ3v) is 4.41. The molecule has 4 rings (SSSR count). The Balaban J connectivity index is 1.86. The molecular weight excluding hydrogens is 320 g/mol. The molecule has 0 atom stereocenters. The molecule has 0 aliphatic heterocycles. The highest BCUT2D eigenvalue weighted by Crippen LogP contribution is 2.31. The van der Waals surface area contributed by atoms with E-state index in [1.807, 2.05) is 43.6 Å². The summed E-state index contributed by atoms with van der Waals surface area (Å²) in [7, 11) is 0. The molecule has 0 unspecified atom stereocenters. The topological polar surface area (TPSA) is 57.4 Å². The molecule has 0 saturated heterocycles. The van der Waals surface area contributed by atoms with Gasteiger partial charge in [0.15, 0.2) is 5.82 Å². The van der Waals surface area contributed by atoms with Crippen molar-refractivity contribution in [1.82, 2.24) is 19.9 Å². The smallest absolute Gasteiger partial charge is 0.155 e. The van der Waals surface area contributed by atoms with Gasteiger partial charge >= 0.3 is 0 Å². The van der Waals surface area contributed by atoms with Gasteiger partial charge in [-0.2, -0.15) is 0 Å². The number of aryl methyl sites for hydroxylation is 1. The highest BCUT2D eigenvalue weighted by Gasteiger charge is 2.15. The van der Waals surface area contributed by atoms with Gasteiger partial charge in [0.05, 0.1) is 6.20 Å². The second kappa shape index (κ2) is 6.84. The number of benzene rings is 2. The van der Waals surface area contributed by atoms with Crippen LogP contribution in [0.25, 0.3) is 22.7 Å². The van der Waals surface area contributed by atoms with Crippen LogP contribution in [0.1, 0.15) is 29.6 Å². The molecule has 4 nitrogen and oxygen atoms in total. The third-order valence-electron chi connectivity index (χ3n) is 4.41. The molecule has 2 aromatic carbocycles. The molecule has 0 spiro atoms. The number of hydrogen-bond acceptors (Lipinski definition) is 2. The monoisotopic (exact) mass is 340 g/mol. The maximum Gasteiger partial charge on any atom is 0.155 e. The Morgan fingerprint density at radius 2 is 1.42 bits per heavy atom. The fourth-order valence-electron chi connectivity index (χ4n) is 3.09. The molecular formula is C22H20N4. The van der Waals surface area contributed by atoms with Crippen LogP contribution in [0, 0.1) is 6.92 Å². The number of hydrogen-bond donors (Lipinski definition) is 2. The molecule has 4 heteroatoms. The van der Waals surface area contributed by atoms with Gasteiger partial charge < -0.3 is 9.97 Å². The van der Waals surface area contributed by atoms with Crippen LogP contribution in [0.4, 0.5) is 0 Å². The Labute approximate surface area is 152 Å². The minimum Gasteiger partial charge on any atom is -0.341 e. The van der Waals surface area contributed by atoms with Crippen molar-refractivity contribution >= 4 is 11.1 Å². The van der Waals surface area contributed by atoms with E-state index in [1.165, 1.54) is 11.1 Å². The fourth-order valence-corrected chi connectivity index (χ4v) is 3.09. The average Bonchev–Trinajstić information content (AvgIpc) is 3.33. The number of nitrogens with one attached hydrogen (secondary N) is 2. The second-order valence-electron chi connectivity index (χ2n) is 6.29. The van der Waals surface area contributed by atoms with Crippen molar-refractivity contribution < 1.29 is 0 Å². The number of H-pyrrole nitrogens is 2. The summed E-state index contributed by atoms with van der Waals surface area (Å²) in [5, 5.41) is 0. The van der Waals surface area contributed by atoms with Crippen LogP contribution < -0.4 is 0 Å². The Morgan fingerprint density at radius 1 is 0.769 bits per heavy atom. The first-order valence-corrected chi connectivity index (χ1v) is 8.61. The van der Waals surface area contributed by atoms with E-state index in [2.05, 4.69) is 63.3 Å². The maximum atomic E-state index is 4.65. The molecule has 2 N–H and O–H groups in total. The zero-order chi connectivity index (χ0) is 17.9. The first-order valence-electron chi connectivity index (χ1n) is 8.61. The number of nitrogens with zero attached hydrogens (tertiary/aromatic N) is 2. The lowest BCUT2D eigenvalue weighted by molar-refractivity contribution is 1.20. The van der Waals surface area contributed by atoms with Crippen LogP contribution in [0.3, 0.4) is 0 Å². The van der Waals surface area contributed by atoms with Crippen molar-refractivity contribution in [2.75, 3.05) is 0 Å². The van der Waals surface area contributed by atoms with Crippen LogP contribution in [0.15, 0.2) is 73.1 Å². The summed E-state index contributed by atoms with van der Waals surface area (Å²) < 4.78 is 0. The lowest BCUT2D eigenvalue weighted by Crippen LogP contribution is -1.95. The molecule has 2 heterocycles. The first-order chi connectivity index (χ1) is 12.7. The second-order valence-corrected chi connectivity index (χ2v) is 6.29. The van der Waals surface area contributed by atoms with Gasteiger partial charge in [-0.05, 0) is 30.5 Å². The number of imidazole rings is 2. The molecule has 2 aromatic heterocycles. The van der Waals surface area contributed by atoms with Crippen LogP contribution >= 0.6 is 0 Å². The predicted octanol–water partition coefficient (Wildman–Crippen LogP) is 5.09. The minimum atomic E-state index is 0.797. The SMILES string of the molecule is C/C(=C(\c1ccccc1)c1ncc(-c2ncc(C)[nH]2)[nH]1)c1ccccc1. The summed E-state index contributed by atoms with van der Waals surface area (Å²) in [6.07, 6.45) is 3.65. The molecule has 0 radical (unpaired) electrons. The van der Waals surface area contributed by atoms with E-state index < -0.39 is 0 Å². The molecule has 0 amide bonds. The van der Waals surface area contributed by atoms with Gasteiger partial charge in [0, 0.05) is 17.5 Å². The van der Waals surface area contributed by atoms with Crippen molar-refractivity contribution in [3.8, 4) is 11.5 Å². The van der Waals surface area contributed by atoms with E-state index in [-0.39, 0.29) is 0 Å². The average molecular weight is 340 g/mol.